The number of carbonyl (C=O) groups excluding carboxylic acids is 1. The zero-order chi connectivity index (χ0) is 24.2. The highest BCUT2D eigenvalue weighted by Gasteiger charge is 2.31. The van der Waals surface area contributed by atoms with Gasteiger partial charge in [0.05, 0.1) is 11.1 Å². The highest BCUT2D eigenvalue weighted by atomic mass is 32.2. The van der Waals surface area contributed by atoms with E-state index in [0.29, 0.717) is 41.9 Å². The van der Waals surface area contributed by atoms with Crippen LogP contribution in [0, 0.1) is 0 Å². The third-order valence-electron chi connectivity index (χ3n) is 5.07. The molecule has 182 valence electrons. The van der Waals surface area contributed by atoms with Gasteiger partial charge in [-0.25, -0.2) is 4.79 Å². The molecule has 1 aromatic heterocycles. The number of carbonyl (C=O) groups is 1. The number of nitrogens with zero attached hydrogens (tertiary/aromatic N) is 3. The summed E-state index contributed by atoms with van der Waals surface area (Å²) < 4.78 is 51.1. The number of hydrogen-bond acceptors (Lipinski definition) is 6. The van der Waals surface area contributed by atoms with Crippen LogP contribution >= 0.6 is 11.8 Å². The van der Waals surface area contributed by atoms with Crippen LogP contribution in [0.2, 0.25) is 0 Å². The van der Waals surface area contributed by atoms with Gasteiger partial charge in [-0.2, -0.15) is 23.1 Å². The van der Waals surface area contributed by atoms with Gasteiger partial charge in [0.25, 0.3) is 0 Å². The summed E-state index contributed by atoms with van der Waals surface area (Å²) in [5, 5.41) is 0.860. The van der Waals surface area contributed by atoms with E-state index >= 15 is 0 Å². The van der Waals surface area contributed by atoms with Gasteiger partial charge in [-0.3, -0.25) is 0 Å². The first-order valence-corrected chi connectivity index (χ1v) is 12.1. The number of piperidine rings is 1. The molecule has 1 amide bonds. The molecule has 1 aromatic carbocycles. The summed E-state index contributed by atoms with van der Waals surface area (Å²) in [6.07, 6.45) is -1.89. The molecule has 6 nitrogen and oxygen atoms in total. The summed E-state index contributed by atoms with van der Waals surface area (Å²) in [6.45, 7) is 8.50. The summed E-state index contributed by atoms with van der Waals surface area (Å²) in [5.74, 6) is 0.743. The third kappa shape index (κ3) is 7.12. The van der Waals surface area contributed by atoms with Gasteiger partial charge in [0.1, 0.15) is 16.7 Å². The minimum Gasteiger partial charge on any atom is -0.460 e. The van der Waals surface area contributed by atoms with E-state index in [0.717, 1.165) is 30.7 Å². The van der Waals surface area contributed by atoms with Crippen LogP contribution in [0.1, 0.15) is 58.9 Å². The topological polar surface area (TPSA) is 64.5 Å². The maximum absolute atomic E-state index is 13.2. The smallest absolute Gasteiger partial charge is 0.416 e. The minimum atomic E-state index is -4.43. The Morgan fingerprint density at radius 3 is 2.48 bits per heavy atom. The summed E-state index contributed by atoms with van der Waals surface area (Å²) in [4.78, 5) is 22.7. The van der Waals surface area contributed by atoms with Gasteiger partial charge in [-0.05, 0) is 51.1 Å². The van der Waals surface area contributed by atoms with E-state index in [1.807, 2.05) is 20.8 Å². The molecule has 0 N–H and O–H groups in total. The molecule has 0 spiro atoms. The van der Waals surface area contributed by atoms with Crippen LogP contribution in [0.5, 0.6) is 6.01 Å². The molecular formula is C23H30F3N3O3S. The summed E-state index contributed by atoms with van der Waals surface area (Å²) >= 11 is 1.41. The number of rotatable bonds is 6. The molecule has 0 aliphatic carbocycles. The van der Waals surface area contributed by atoms with Crippen molar-refractivity contribution in [3.63, 3.8) is 0 Å². The lowest BCUT2D eigenvalue weighted by Crippen LogP contribution is -2.44. The molecule has 2 heterocycles. The van der Waals surface area contributed by atoms with Gasteiger partial charge >= 0.3 is 18.3 Å². The van der Waals surface area contributed by atoms with Gasteiger partial charge in [0, 0.05) is 31.3 Å². The molecule has 0 atom stereocenters. The number of hydrogen-bond donors (Lipinski definition) is 0. The van der Waals surface area contributed by atoms with E-state index in [4.69, 9.17) is 9.47 Å². The van der Waals surface area contributed by atoms with E-state index in [9.17, 15) is 18.0 Å². The number of fused-ring (bicyclic) bond motifs is 1. The maximum Gasteiger partial charge on any atom is 0.416 e. The average Bonchev–Trinajstić information content (AvgIpc) is 2.72. The lowest BCUT2D eigenvalue weighted by Gasteiger charge is -2.33. The fourth-order valence-electron chi connectivity index (χ4n) is 3.36. The van der Waals surface area contributed by atoms with Crippen molar-refractivity contribution in [1.29, 1.82) is 0 Å². The van der Waals surface area contributed by atoms with Crippen molar-refractivity contribution in [2.75, 3.05) is 18.8 Å². The highest BCUT2D eigenvalue weighted by Crippen LogP contribution is 2.35. The Hall–Kier alpha value is -2.23. The number of alkyl halides is 3. The number of unbranched alkanes of at least 4 members (excludes halogenated alkanes) is 1. The van der Waals surface area contributed by atoms with Gasteiger partial charge in [0.2, 0.25) is 0 Å². The monoisotopic (exact) mass is 485 g/mol. The number of thioether (sulfide) groups is 1. The van der Waals surface area contributed by atoms with Gasteiger partial charge in [-0.15, -0.1) is 11.8 Å². The molecule has 1 fully saturated rings. The molecule has 0 saturated carbocycles. The Kier molecular flexibility index (Phi) is 7.97. The largest absolute Gasteiger partial charge is 0.460 e. The van der Waals surface area contributed by atoms with Crippen LogP contribution in [0.15, 0.2) is 23.2 Å². The molecule has 3 rings (SSSR count). The average molecular weight is 486 g/mol. The lowest BCUT2D eigenvalue weighted by atomic mass is 10.1. The quantitative estimate of drug-likeness (QED) is 0.271. The number of halogens is 3. The van der Waals surface area contributed by atoms with Crippen molar-refractivity contribution in [3.05, 3.63) is 23.8 Å². The Morgan fingerprint density at radius 2 is 1.88 bits per heavy atom. The predicted molar refractivity (Wildman–Crippen MR) is 122 cm³/mol. The normalized spacial score (nSPS) is 15.7. The van der Waals surface area contributed by atoms with Crippen LogP contribution in [-0.2, 0) is 10.9 Å². The van der Waals surface area contributed by atoms with Gasteiger partial charge < -0.3 is 14.4 Å². The molecule has 0 bridgehead atoms. The second-order valence-corrected chi connectivity index (χ2v) is 10.1. The van der Waals surface area contributed by atoms with Crippen molar-refractivity contribution in [2.24, 2.45) is 0 Å². The Bertz CT molecular complexity index is 971. The lowest BCUT2D eigenvalue weighted by molar-refractivity contribution is -0.137. The summed E-state index contributed by atoms with van der Waals surface area (Å²) in [5.41, 5.74) is -0.862. The van der Waals surface area contributed by atoms with E-state index < -0.39 is 17.3 Å². The van der Waals surface area contributed by atoms with Crippen molar-refractivity contribution < 1.29 is 27.4 Å². The van der Waals surface area contributed by atoms with Crippen molar-refractivity contribution in [2.45, 2.75) is 76.3 Å². The first-order chi connectivity index (χ1) is 15.5. The summed E-state index contributed by atoms with van der Waals surface area (Å²) in [7, 11) is 0. The van der Waals surface area contributed by atoms with Crippen LogP contribution in [0.25, 0.3) is 10.9 Å². The predicted octanol–water partition coefficient (Wildman–Crippen LogP) is 6.32. The maximum atomic E-state index is 13.2. The van der Waals surface area contributed by atoms with E-state index in [2.05, 4.69) is 16.9 Å². The SMILES string of the molecule is CCCCSc1nc(OC2CCN(C(=O)OC(C)(C)C)CC2)nc2ccc(C(F)(F)F)cc12. The van der Waals surface area contributed by atoms with Crippen LogP contribution in [-0.4, -0.2) is 51.5 Å². The van der Waals surface area contributed by atoms with Crippen LogP contribution in [0.4, 0.5) is 18.0 Å². The fraction of sp³-hybridized carbons (Fsp3) is 0.609. The number of benzene rings is 1. The van der Waals surface area contributed by atoms with E-state index in [1.54, 1.807) is 4.90 Å². The fourth-order valence-corrected chi connectivity index (χ4v) is 4.45. The van der Waals surface area contributed by atoms with Crippen LogP contribution < -0.4 is 4.74 Å². The van der Waals surface area contributed by atoms with Gasteiger partial charge in [-0.1, -0.05) is 13.3 Å². The molecule has 0 radical (unpaired) electrons. The first-order valence-electron chi connectivity index (χ1n) is 11.1. The third-order valence-corrected chi connectivity index (χ3v) is 6.15. The minimum absolute atomic E-state index is 0.150. The standard InChI is InChI=1S/C23H30F3N3O3S/c1-5-6-13-33-19-17-14-15(23(24,25)26)7-8-18(17)27-20(28-19)31-16-9-11-29(12-10-16)21(30)32-22(2,3)4/h7-8,14,16H,5-6,9-13H2,1-4H3. The molecular weight excluding hydrogens is 455 g/mol. The van der Waals surface area contributed by atoms with E-state index in [-0.39, 0.29) is 18.2 Å². The molecule has 33 heavy (non-hydrogen) atoms. The molecule has 10 heteroatoms. The number of likely N-dealkylation sites (tertiary alicyclic amines) is 1. The number of ether oxygens (including phenoxy) is 2. The molecule has 1 aliphatic heterocycles. The zero-order valence-corrected chi connectivity index (χ0v) is 20.2. The Labute approximate surface area is 196 Å². The Balaban J connectivity index is 1.74. The Morgan fingerprint density at radius 1 is 1.18 bits per heavy atom. The molecule has 2 aromatic rings. The molecule has 1 aliphatic rings. The van der Waals surface area contributed by atoms with Crippen molar-refractivity contribution in [1.82, 2.24) is 14.9 Å². The molecule has 0 unspecified atom stereocenters. The van der Waals surface area contributed by atoms with Crippen LogP contribution in [0.3, 0.4) is 0 Å². The zero-order valence-electron chi connectivity index (χ0n) is 19.4. The number of amides is 1. The summed E-state index contributed by atoms with van der Waals surface area (Å²) in [6, 6.07) is 3.64. The highest BCUT2D eigenvalue weighted by molar-refractivity contribution is 7.99. The van der Waals surface area contributed by atoms with E-state index in [1.165, 1.54) is 17.8 Å². The second kappa shape index (κ2) is 10.4. The first kappa shape index (κ1) is 25.4. The van der Waals surface area contributed by atoms with Gasteiger partial charge in [0.15, 0.2) is 0 Å². The second-order valence-electron chi connectivity index (χ2n) is 9.03. The molecule has 1 saturated heterocycles. The van der Waals surface area contributed by atoms with Crippen molar-refractivity contribution >= 4 is 28.8 Å². The number of aromatic nitrogens is 2. The van der Waals surface area contributed by atoms with Crippen molar-refractivity contribution in [3.8, 4) is 6.01 Å².